The van der Waals surface area contributed by atoms with Crippen LogP contribution in [0, 0.1) is 5.92 Å². The van der Waals surface area contributed by atoms with Crippen LogP contribution in [0.2, 0.25) is 0 Å². The second kappa shape index (κ2) is 5.72. The predicted octanol–water partition coefficient (Wildman–Crippen LogP) is 2.10. The summed E-state index contributed by atoms with van der Waals surface area (Å²) in [6.45, 7) is 5.83. The zero-order chi connectivity index (χ0) is 10.6. The van der Waals surface area contributed by atoms with E-state index in [4.69, 9.17) is 0 Å². The quantitative estimate of drug-likeness (QED) is 0.744. The lowest BCUT2D eigenvalue weighted by Gasteiger charge is -2.37. The lowest BCUT2D eigenvalue weighted by molar-refractivity contribution is 0.131. The molecule has 2 nitrogen and oxygen atoms in total. The summed E-state index contributed by atoms with van der Waals surface area (Å²) in [5.41, 5.74) is 0. The Kier molecular flexibility index (Phi) is 4.90. The van der Waals surface area contributed by atoms with Crippen molar-refractivity contribution in [2.45, 2.75) is 51.6 Å². The van der Waals surface area contributed by atoms with Gasteiger partial charge in [-0.2, -0.15) is 0 Å². The first-order valence-electron chi connectivity index (χ1n) is 6.02. The first-order valence-corrected chi connectivity index (χ1v) is 6.02. The summed E-state index contributed by atoms with van der Waals surface area (Å²) in [7, 11) is 4.32. The van der Waals surface area contributed by atoms with E-state index >= 15 is 0 Å². The van der Waals surface area contributed by atoms with Crippen LogP contribution in [0.1, 0.15) is 39.5 Å². The van der Waals surface area contributed by atoms with Gasteiger partial charge in [0.05, 0.1) is 0 Å². The first-order chi connectivity index (χ1) is 6.65. The number of nitrogens with one attached hydrogen (secondary N) is 1. The topological polar surface area (TPSA) is 15.3 Å². The summed E-state index contributed by atoms with van der Waals surface area (Å²) in [6, 6.07) is 1.42. The highest BCUT2D eigenvalue weighted by atomic mass is 15.2. The van der Waals surface area contributed by atoms with Gasteiger partial charge in [0.2, 0.25) is 0 Å². The third-order valence-electron chi connectivity index (χ3n) is 3.69. The molecule has 0 spiro atoms. The van der Waals surface area contributed by atoms with Gasteiger partial charge in [0.25, 0.3) is 0 Å². The Morgan fingerprint density at radius 3 is 2.57 bits per heavy atom. The van der Waals surface area contributed by atoms with E-state index < -0.39 is 0 Å². The second-order valence-corrected chi connectivity index (χ2v) is 4.96. The minimum atomic E-state index is 0.606. The largest absolute Gasteiger partial charge is 0.316 e. The summed E-state index contributed by atoms with van der Waals surface area (Å²) in [5.74, 6) is 0.887. The van der Waals surface area contributed by atoms with Gasteiger partial charge in [-0.05, 0) is 39.8 Å². The number of hydrogen-bond acceptors (Lipinski definition) is 2. The molecule has 1 rings (SSSR count). The summed E-state index contributed by atoms with van der Waals surface area (Å²) in [4.78, 5) is 2.55. The van der Waals surface area contributed by atoms with Gasteiger partial charge < -0.3 is 10.2 Å². The number of nitrogens with zero attached hydrogens (tertiary/aromatic N) is 1. The SMILES string of the molecule is CNC(C)CN(C)C1CCCCC1C. The molecule has 0 heterocycles. The van der Waals surface area contributed by atoms with Crippen LogP contribution in [-0.4, -0.2) is 37.6 Å². The Labute approximate surface area is 89.1 Å². The third-order valence-corrected chi connectivity index (χ3v) is 3.69. The van der Waals surface area contributed by atoms with Crippen molar-refractivity contribution in [1.82, 2.24) is 10.2 Å². The van der Waals surface area contributed by atoms with Crippen molar-refractivity contribution < 1.29 is 0 Å². The third kappa shape index (κ3) is 3.25. The molecule has 1 aliphatic carbocycles. The van der Waals surface area contributed by atoms with Crippen LogP contribution in [0.25, 0.3) is 0 Å². The van der Waals surface area contributed by atoms with Gasteiger partial charge in [-0.3, -0.25) is 0 Å². The molecule has 3 atom stereocenters. The molecule has 0 aromatic rings. The van der Waals surface area contributed by atoms with E-state index in [1.54, 1.807) is 0 Å². The maximum atomic E-state index is 3.31. The van der Waals surface area contributed by atoms with Crippen molar-refractivity contribution in [3.05, 3.63) is 0 Å². The van der Waals surface area contributed by atoms with Crippen LogP contribution in [0.3, 0.4) is 0 Å². The van der Waals surface area contributed by atoms with Crippen molar-refractivity contribution in [1.29, 1.82) is 0 Å². The van der Waals surface area contributed by atoms with Gasteiger partial charge in [-0.25, -0.2) is 0 Å². The van der Waals surface area contributed by atoms with E-state index in [0.717, 1.165) is 12.0 Å². The molecule has 1 N–H and O–H groups in total. The molecule has 0 aromatic heterocycles. The molecule has 0 bridgehead atoms. The van der Waals surface area contributed by atoms with Crippen LogP contribution in [0.15, 0.2) is 0 Å². The highest BCUT2D eigenvalue weighted by Gasteiger charge is 2.25. The number of likely N-dealkylation sites (N-methyl/N-ethyl adjacent to an activating group) is 2. The summed E-state index contributed by atoms with van der Waals surface area (Å²) >= 11 is 0. The van der Waals surface area contributed by atoms with E-state index in [9.17, 15) is 0 Å². The van der Waals surface area contributed by atoms with Crippen molar-refractivity contribution in [2.24, 2.45) is 5.92 Å². The summed E-state index contributed by atoms with van der Waals surface area (Å²) in [5, 5.41) is 3.31. The maximum Gasteiger partial charge on any atom is 0.0163 e. The molecule has 0 saturated heterocycles. The number of hydrogen-bond donors (Lipinski definition) is 1. The Morgan fingerprint density at radius 2 is 2.00 bits per heavy atom. The van der Waals surface area contributed by atoms with Crippen LogP contribution in [0.5, 0.6) is 0 Å². The van der Waals surface area contributed by atoms with Crippen LogP contribution in [-0.2, 0) is 0 Å². The average Bonchev–Trinajstić information content (AvgIpc) is 2.18. The minimum Gasteiger partial charge on any atom is -0.316 e. The molecular weight excluding hydrogens is 172 g/mol. The molecule has 3 unspecified atom stereocenters. The van der Waals surface area contributed by atoms with E-state index in [0.29, 0.717) is 6.04 Å². The monoisotopic (exact) mass is 198 g/mol. The van der Waals surface area contributed by atoms with Crippen molar-refractivity contribution in [3.63, 3.8) is 0 Å². The van der Waals surface area contributed by atoms with Gasteiger partial charge >= 0.3 is 0 Å². The molecular formula is C12H26N2. The highest BCUT2D eigenvalue weighted by Crippen LogP contribution is 2.27. The molecule has 1 aliphatic rings. The lowest BCUT2D eigenvalue weighted by atomic mass is 9.85. The molecule has 0 aliphatic heterocycles. The van der Waals surface area contributed by atoms with E-state index in [1.165, 1.54) is 32.2 Å². The van der Waals surface area contributed by atoms with E-state index in [1.807, 2.05) is 7.05 Å². The molecule has 1 saturated carbocycles. The molecule has 84 valence electrons. The Morgan fingerprint density at radius 1 is 1.36 bits per heavy atom. The highest BCUT2D eigenvalue weighted by molar-refractivity contribution is 4.80. The fraction of sp³-hybridized carbons (Fsp3) is 1.00. The zero-order valence-corrected chi connectivity index (χ0v) is 10.2. The molecule has 0 aromatic carbocycles. The molecule has 0 radical (unpaired) electrons. The van der Waals surface area contributed by atoms with Crippen molar-refractivity contribution in [3.8, 4) is 0 Å². The second-order valence-electron chi connectivity index (χ2n) is 4.96. The van der Waals surface area contributed by atoms with Crippen molar-refractivity contribution >= 4 is 0 Å². The van der Waals surface area contributed by atoms with Gasteiger partial charge in [0.1, 0.15) is 0 Å². The fourth-order valence-corrected chi connectivity index (χ4v) is 2.61. The fourth-order valence-electron chi connectivity index (χ4n) is 2.61. The molecule has 0 amide bonds. The minimum absolute atomic E-state index is 0.606. The average molecular weight is 198 g/mol. The van der Waals surface area contributed by atoms with Crippen LogP contribution < -0.4 is 5.32 Å². The lowest BCUT2D eigenvalue weighted by Crippen LogP contribution is -2.44. The van der Waals surface area contributed by atoms with Gasteiger partial charge in [-0.1, -0.05) is 19.8 Å². The molecule has 2 heteroatoms. The number of rotatable bonds is 4. The molecule has 14 heavy (non-hydrogen) atoms. The Balaban J connectivity index is 2.37. The molecule has 1 fully saturated rings. The van der Waals surface area contributed by atoms with Gasteiger partial charge in [0.15, 0.2) is 0 Å². The Bertz CT molecular complexity index is 158. The van der Waals surface area contributed by atoms with Crippen LogP contribution in [0.4, 0.5) is 0 Å². The Hall–Kier alpha value is -0.0800. The standard InChI is InChI=1S/C12H26N2/c1-10-7-5-6-8-12(10)14(4)9-11(2)13-3/h10-13H,5-9H2,1-4H3. The summed E-state index contributed by atoms with van der Waals surface area (Å²) < 4.78 is 0. The zero-order valence-electron chi connectivity index (χ0n) is 10.2. The smallest absolute Gasteiger partial charge is 0.0163 e. The van der Waals surface area contributed by atoms with Gasteiger partial charge in [0, 0.05) is 18.6 Å². The van der Waals surface area contributed by atoms with E-state index in [2.05, 4.69) is 31.1 Å². The maximum absolute atomic E-state index is 3.31. The van der Waals surface area contributed by atoms with Crippen molar-refractivity contribution in [2.75, 3.05) is 20.6 Å². The predicted molar refractivity (Wildman–Crippen MR) is 62.6 cm³/mol. The van der Waals surface area contributed by atoms with E-state index in [-0.39, 0.29) is 0 Å². The first kappa shape index (κ1) is 12.0. The normalized spacial score (nSPS) is 30.6. The van der Waals surface area contributed by atoms with Crippen LogP contribution >= 0.6 is 0 Å². The summed E-state index contributed by atoms with van der Waals surface area (Å²) in [6.07, 6.45) is 5.68. The van der Waals surface area contributed by atoms with Gasteiger partial charge in [-0.15, -0.1) is 0 Å².